The third kappa shape index (κ3) is 2.77. The van der Waals surface area contributed by atoms with Gasteiger partial charge in [-0.25, -0.2) is 0 Å². The Morgan fingerprint density at radius 2 is 2.16 bits per heavy atom. The molecule has 1 aliphatic rings. The predicted octanol–water partition coefficient (Wildman–Crippen LogP) is 2.72. The number of para-hydroxylation sites is 1. The number of aryl methyl sites for hydroxylation is 1. The molecule has 0 spiro atoms. The van der Waals surface area contributed by atoms with Gasteiger partial charge >= 0.3 is 0 Å². The Balaban J connectivity index is 2.36. The van der Waals surface area contributed by atoms with Crippen LogP contribution in [-0.4, -0.2) is 31.3 Å². The summed E-state index contributed by atoms with van der Waals surface area (Å²) in [7, 11) is 0. The molecule has 2 atom stereocenters. The molecule has 0 saturated carbocycles. The predicted molar refractivity (Wildman–Crippen MR) is 80.6 cm³/mol. The third-order valence-corrected chi connectivity index (χ3v) is 4.31. The van der Waals surface area contributed by atoms with Crippen LogP contribution < -0.4 is 10.6 Å². The number of rotatable bonds is 4. The molecule has 0 aromatic heterocycles. The molecule has 2 unspecified atom stereocenters. The van der Waals surface area contributed by atoms with Crippen molar-refractivity contribution in [2.75, 3.05) is 24.6 Å². The molecular weight excluding hydrogens is 236 g/mol. The molecule has 0 bridgehead atoms. The van der Waals surface area contributed by atoms with E-state index in [4.69, 9.17) is 10.5 Å². The maximum Gasteiger partial charge on any atom is 0.0570 e. The molecule has 0 radical (unpaired) electrons. The zero-order chi connectivity index (χ0) is 13.9. The van der Waals surface area contributed by atoms with Gasteiger partial charge in [0, 0.05) is 25.4 Å². The van der Waals surface area contributed by atoms with Crippen LogP contribution in [0.2, 0.25) is 0 Å². The summed E-state index contributed by atoms with van der Waals surface area (Å²) in [5.74, 6) is 0. The van der Waals surface area contributed by atoms with Crippen LogP contribution in [0.25, 0.3) is 0 Å². The summed E-state index contributed by atoms with van der Waals surface area (Å²) in [5, 5.41) is 0. The summed E-state index contributed by atoms with van der Waals surface area (Å²) in [6.07, 6.45) is 2.30. The number of ether oxygens (including phenoxy) is 1. The number of benzene rings is 1. The standard InChI is InChI=1S/C16H26N2O/c1-4-18(15-8-6-5-7-13(15)2)16(12-17)9-10-19-14(3)11-16/h5-8,14H,4,9-12,17H2,1-3H3. The first-order valence-electron chi connectivity index (χ1n) is 7.28. The number of hydrogen-bond acceptors (Lipinski definition) is 3. The van der Waals surface area contributed by atoms with E-state index in [1.165, 1.54) is 11.3 Å². The SMILES string of the molecule is CCN(c1ccccc1C)C1(CN)CCOC(C)C1. The van der Waals surface area contributed by atoms with Gasteiger partial charge in [0.05, 0.1) is 11.6 Å². The highest BCUT2D eigenvalue weighted by atomic mass is 16.5. The smallest absolute Gasteiger partial charge is 0.0570 e. The maximum atomic E-state index is 6.17. The third-order valence-electron chi connectivity index (χ3n) is 4.31. The minimum absolute atomic E-state index is 0.0402. The molecule has 0 aliphatic carbocycles. The topological polar surface area (TPSA) is 38.5 Å². The van der Waals surface area contributed by atoms with Gasteiger partial charge in [-0.1, -0.05) is 18.2 Å². The summed E-state index contributed by atoms with van der Waals surface area (Å²) in [4.78, 5) is 2.49. The normalized spacial score (nSPS) is 27.3. The van der Waals surface area contributed by atoms with Crippen LogP contribution in [-0.2, 0) is 4.74 Å². The number of hydrogen-bond donors (Lipinski definition) is 1. The largest absolute Gasteiger partial charge is 0.378 e. The molecule has 19 heavy (non-hydrogen) atoms. The molecular formula is C16H26N2O. The quantitative estimate of drug-likeness (QED) is 0.906. The van der Waals surface area contributed by atoms with Crippen molar-refractivity contribution in [3.05, 3.63) is 29.8 Å². The number of nitrogens with two attached hydrogens (primary N) is 1. The Bertz CT molecular complexity index is 421. The minimum Gasteiger partial charge on any atom is -0.378 e. The molecule has 1 heterocycles. The van der Waals surface area contributed by atoms with Crippen LogP contribution in [0.1, 0.15) is 32.3 Å². The van der Waals surface area contributed by atoms with Gasteiger partial charge in [0.1, 0.15) is 0 Å². The molecule has 1 aliphatic heterocycles. The van der Waals surface area contributed by atoms with E-state index in [1.54, 1.807) is 0 Å². The molecule has 3 heteroatoms. The highest BCUT2D eigenvalue weighted by Gasteiger charge is 2.39. The van der Waals surface area contributed by atoms with Gasteiger partial charge in [0.25, 0.3) is 0 Å². The van der Waals surface area contributed by atoms with E-state index in [0.29, 0.717) is 6.54 Å². The van der Waals surface area contributed by atoms with Crippen molar-refractivity contribution < 1.29 is 4.74 Å². The second kappa shape index (κ2) is 5.93. The second-order valence-corrected chi connectivity index (χ2v) is 5.59. The lowest BCUT2D eigenvalue weighted by Gasteiger charge is -2.49. The van der Waals surface area contributed by atoms with Crippen LogP contribution in [0.4, 0.5) is 5.69 Å². The van der Waals surface area contributed by atoms with Gasteiger partial charge in [-0.15, -0.1) is 0 Å². The summed E-state index contributed by atoms with van der Waals surface area (Å²) in [6.45, 7) is 9.00. The van der Waals surface area contributed by atoms with E-state index >= 15 is 0 Å². The van der Waals surface area contributed by atoms with Crippen molar-refractivity contribution in [2.24, 2.45) is 5.73 Å². The summed E-state index contributed by atoms with van der Waals surface area (Å²) < 4.78 is 5.71. The molecule has 1 aromatic carbocycles. The fraction of sp³-hybridized carbons (Fsp3) is 0.625. The lowest BCUT2D eigenvalue weighted by Crippen LogP contribution is -2.58. The van der Waals surface area contributed by atoms with Crippen LogP contribution in [0.15, 0.2) is 24.3 Å². The van der Waals surface area contributed by atoms with Crippen LogP contribution in [0, 0.1) is 6.92 Å². The molecule has 106 valence electrons. The lowest BCUT2D eigenvalue weighted by molar-refractivity contribution is -0.00740. The van der Waals surface area contributed by atoms with Crippen molar-refractivity contribution in [1.82, 2.24) is 0 Å². The van der Waals surface area contributed by atoms with Gasteiger partial charge in [0.2, 0.25) is 0 Å². The highest BCUT2D eigenvalue weighted by molar-refractivity contribution is 5.55. The van der Waals surface area contributed by atoms with Crippen molar-refractivity contribution >= 4 is 5.69 Å². The Morgan fingerprint density at radius 3 is 2.74 bits per heavy atom. The van der Waals surface area contributed by atoms with E-state index in [2.05, 4.69) is 49.9 Å². The fourth-order valence-electron chi connectivity index (χ4n) is 3.31. The average Bonchev–Trinajstić information content (AvgIpc) is 2.42. The Morgan fingerprint density at radius 1 is 1.42 bits per heavy atom. The monoisotopic (exact) mass is 262 g/mol. The minimum atomic E-state index is 0.0402. The van der Waals surface area contributed by atoms with E-state index in [1.807, 2.05) is 0 Å². The van der Waals surface area contributed by atoms with Crippen molar-refractivity contribution in [3.63, 3.8) is 0 Å². The first kappa shape index (κ1) is 14.4. The summed E-state index contributed by atoms with van der Waals surface area (Å²) in [6, 6.07) is 8.58. The highest BCUT2D eigenvalue weighted by Crippen LogP contribution is 2.35. The summed E-state index contributed by atoms with van der Waals surface area (Å²) in [5.41, 5.74) is 8.83. The first-order valence-corrected chi connectivity index (χ1v) is 7.28. The van der Waals surface area contributed by atoms with Gasteiger partial charge in [-0.2, -0.15) is 0 Å². The van der Waals surface area contributed by atoms with E-state index in [-0.39, 0.29) is 11.6 Å². The molecule has 1 aromatic rings. The molecule has 1 saturated heterocycles. The second-order valence-electron chi connectivity index (χ2n) is 5.59. The van der Waals surface area contributed by atoms with E-state index < -0.39 is 0 Å². The van der Waals surface area contributed by atoms with Gasteiger partial charge in [-0.3, -0.25) is 0 Å². The Kier molecular flexibility index (Phi) is 4.48. The first-order chi connectivity index (χ1) is 9.13. The van der Waals surface area contributed by atoms with Crippen LogP contribution in [0.5, 0.6) is 0 Å². The van der Waals surface area contributed by atoms with Crippen LogP contribution in [0.3, 0.4) is 0 Å². The zero-order valence-corrected chi connectivity index (χ0v) is 12.4. The Hall–Kier alpha value is -1.06. The number of nitrogens with zero attached hydrogens (tertiary/aromatic N) is 1. The Labute approximate surface area is 116 Å². The molecule has 3 nitrogen and oxygen atoms in total. The lowest BCUT2D eigenvalue weighted by atomic mass is 9.84. The molecule has 2 N–H and O–H groups in total. The maximum absolute atomic E-state index is 6.17. The molecule has 2 rings (SSSR count). The number of likely N-dealkylation sites (N-methyl/N-ethyl adjacent to an activating group) is 1. The van der Waals surface area contributed by atoms with Gasteiger partial charge in [-0.05, 0) is 45.2 Å². The summed E-state index contributed by atoms with van der Waals surface area (Å²) >= 11 is 0. The fourth-order valence-corrected chi connectivity index (χ4v) is 3.31. The van der Waals surface area contributed by atoms with Gasteiger partial charge in [0.15, 0.2) is 0 Å². The molecule has 0 amide bonds. The van der Waals surface area contributed by atoms with Crippen LogP contribution >= 0.6 is 0 Å². The number of anilines is 1. The zero-order valence-electron chi connectivity index (χ0n) is 12.4. The van der Waals surface area contributed by atoms with Gasteiger partial charge < -0.3 is 15.4 Å². The molecule has 1 fully saturated rings. The van der Waals surface area contributed by atoms with E-state index in [9.17, 15) is 0 Å². The van der Waals surface area contributed by atoms with Crippen molar-refractivity contribution in [3.8, 4) is 0 Å². The van der Waals surface area contributed by atoms with E-state index in [0.717, 1.165) is 26.0 Å². The average molecular weight is 262 g/mol. The van der Waals surface area contributed by atoms with Crippen molar-refractivity contribution in [1.29, 1.82) is 0 Å². The van der Waals surface area contributed by atoms with Crippen molar-refractivity contribution in [2.45, 2.75) is 45.3 Å².